The van der Waals surface area contributed by atoms with Gasteiger partial charge in [0.25, 0.3) is 0 Å². The Bertz CT molecular complexity index is 401. The Hall–Kier alpha value is -0.510. The highest BCUT2D eigenvalue weighted by atomic mass is 127. The molecular weight excluding hydrogens is 348 g/mol. The lowest BCUT2D eigenvalue weighted by molar-refractivity contribution is -0.0500. The first-order chi connectivity index (χ1) is 6.33. The summed E-state index contributed by atoms with van der Waals surface area (Å²) in [5.74, 6) is -0.371. The molecule has 1 aromatic carbocycles. The molecule has 0 saturated heterocycles. The number of para-hydroxylation sites is 1. The van der Waals surface area contributed by atoms with Crippen LogP contribution < -0.4 is 4.18 Å². The first kappa shape index (κ1) is 14.5. The molecule has 0 bridgehead atoms. The van der Waals surface area contributed by atoms with Gasteiger partial charge in [-0.25, -0.2) is 0 Å². The van der Waals surface area contributed by atoms with Crippen LogP contribution in [0.4, 0.5) is 13.2 Å². The molecule has 8 heteroatoms. The molecule has 0 aliphatic carbocycles. The van der Waals surface area contributed by atoms with Crippen LogP contribution in [0.1, 0.15) is 0 Å². The SMILES string of the molecule is I.O=S(=O)(Oc1ccccc1)C(F)(F)F. The van der Waals surface area contributed by atoms with Crippen LogP contribution in [0.3, 0.4) is 0 Å². The lowest BCUT2D eigenvalue weighted by Crippen LogP contribution is -2.27. The topological polar surface area (TPSA) is 43.4 Å². The molecule has 1 rings (SSSR count). The van der Waals surface area contributed by atoms with Gasteiger partial charge in [0.05, 0.1) is 0 Å². The summed E-state index contributed by atoms with van der Waals surface area (Å²) in [6, 6.07) is 6.47. The summed E-state index contributed by atoms with van der Waals surface area (Å²) in [5, 5.41) is 0. The van der Waals surface area contributed by atoms with E-state index in [1.54, 1.807) is 0 Å². The molecule has 0 unspecified atom stereocenters. The first-order valence-electron chi connectivity index (χ1n) is 3.39. The van der Waals surface area contributed by atoms with E-state index in [1.807, 2.05) is 0 Å². The summed E-state index contributed by atoms with van der Waals surface area (Å²) < 4.78 is 60.2. The zero-order valence-corrected chi connectivity index (χ0v) is 10.2. The van der Waals surface area contributed by atoms with Crippen molar-refractivity contribution >= 4 is 34.1 Å². The van der Waals surface area contributed by atoms with Crippen LogP contribution in [0.15, 0.2) is 30.3 Å². The van der Waals surface area contributed by atoms with E-state index < -0.39 is 15.6 Å². The lowest BCUT2D eigenvalue weighted by atomic mass is 10.3. The Balaban J connectivity index is 0.00000196. The van der Waals surface area contributed by atoms with E-state index in [0.717, 1.165) is 12.1 Å². The molecule has 86 valence electrons. The van der Waals surface area contributed by atoms with E-state index in [1.165, 1.54) is 18.2 Å². The third kappa shape index (κ3) is 3.86. The van der Waals surface area contributed by atoms with Crippen molar-refractivity contribution in [3.63, 3.8) is 0 Å². The van der Waals surface area contributed by atoms with Crippen molar-refractivity contribution < 1.29 is 25.8 Å². The number of hydrogen-bond acceptors (Lipinski definition) is 3. The Kier molecular flexibility index (Phi) is 4.84. The number of benzene rings is 1. The summed E-state index contributed by atoms with van der Waals surface area (Å²) >= 11 is 0. The average Bonchev–Trinajstić information content (AvgIpc) is 2.03. The highest BCUT2D eigenvalue weighted by Gasteiger charge is 2.48. The van der Waals surface area contributed by atoms with Crippen LogP contribution in [0, 0.1) is 0 Å². The number of halogens is 4. The zero-order chi connectivity index (χ0) is 10.8. The molecule has 0 aromatic heterocycles. The van der Waals surface area contributed by atoms with Crippen LogP contribution in [-0.2, 0) is 10.1 Å². The van der Waals surface area contributed by atoms with Gasteiger partial charge in [0.2, 0.25) is 0 Å². The summed E-state index contributed by atoms with van der Waals surface area (Å²) in [4.78, 5) is 0. The molecule has 0 N–H and O–H groups in total. The standard InChI is InChI=1S/C7H5F3O3S.HI/c8-7(9,10)14(11,12)13-6-4-2-1-3-5-6;/h1-5H;1H. The van der Waals surface area contributed by atoms with Crippen molar-refractivity contribution in [3.05, 3.63) is 30.3 Å². The normalized spacial score (nSPS) is 11.7. The Morgan fingerprint density at radius 1 is 1.07 bits per heavy atom. The monoisotopic (exact) mass is 354 g/mol. The predicted molar refractivity (Wildman–Crippen MR) is 57.5 cm³/mol. The Labute approximate surface area is 101 Å². The van der Waals surface area contributed by atoms with Gasteiger partial charge in [-0.15, -0.1) is 24.0 Å². The zero-order valence-electron chi connectivity index (χ0n) is 7.06. The molecule has 0 heterocycles. The predicted octanol–water partition coefficient (Wildman–Crippen LogP) is 2.53. The average molecular weight is 354 g/mol. The molecule has 0 spiro atoms. The summed E-state index contributed by atoms with van der Waals surface area (Å²) in [6.07, 6.45) is 0. The fourth-order valence-corrected chi connectivity index (χ4v) is 1.11. The van der Waals surface area contributed by atoms with Gasteiger partial charge in [-0.2, -0.15) is 21.6 Å². The number of hydrogen-bond donors (Lipinski definition) is 0. The highest BCUT2D eigenvalue weighted by Crippen LogP contribution is 2.26. The van der Waals surface area contributed by atoms with E-state index in [4.69, 9.17) is 0 Å². The molecular formula is C7H6F3IO3S. The van der Waals surface area contributed by atoms with Crippen molar-refractivity contribution in [3.8, 4) is 5.75 Å². The van der Waals surface area contributed by atoms with Gasteiger partial charge < -0.3 is 4.18 Å². The Morgan fingerprint density at radius 3 is 1.93 bits per heavy atom. The largest absolute Gasteiger partial charge is 0.534 e. The molecule has 0 atom stereocenters. The van der Waals surface area contributed by atoms with Crippen molar-refractivity contribution in [2.24, 2.45) is 0 Å². The van der Waals surface area contributed by atoms with Gasteiger partial charge in [0, 0.05) is 0 Å². The second-order valence-electron chi connectivity index (χ2n) is 2.30. The van der Waals surface area contributed by atoms with Gasteiger partial charge in [0.1, 0.15) is 5.75 Å². The lowest BCUT2D eigenvalue weighted by Gasteiger charge is -2.08. The summed E-state index contributed by atoms with van der Waals surface area (Å²) in [7, 11) is -5.55. The van der Waals surface area contributed by atoms with Gasteiger partial charge in [-0.05, 0) is 12.1 Å². The quantitative estimate of drug-likeness (QED) is 0.466. The summed E-state index contributed by atoms with van der Waals surface area (Å²) in [5.41, 5.74) is -5.40. The fourth-order valence-electron chi connectivity index (χ4n) is 0.650. The minimum Gasteiger partial charge on any atom is -0.376 e. The van der Waals surface area contributed by atoms with Crippen LogP contribution >= 0.6 is 24.0 Å². The number of rotatable bonds is 2. The number of alkyl halides is 3. The maximum Gasteiger partial charge on any atom is 0.534 e. The van der Waals surface area contributed by atoms with Crippen molar-refractivity contribution in [1.29, 1.82) is 0 Å². The van der Waals surface area contributed by atoms with Gasteiger partial charge in [-0.1, -0.05) is 18.2 Å². The maximum absolute atomic E-state index is 11.8. The highest BCUT2D eigenvalue weighted by molar-refractivity contribution is 14.0. The third-order valence-electron chi connectivity index (χ3n) is 1.23. The molecule has 3 nitrogen and oxygen atoms in total. The van der Waals surface area contributed by atoms with Crippen molar-refractivity contribution in [2.75, 3.05) is 0 Å². The van der Waals surface area contributed by atoms with Crippen LogP contribution in [0.2, 0.25) is 0 Å². The van der Waals surface area contributed by atoms with E-state index >= 15 is 0 Å². The van der Waals surface area contributed by atoms with Crippen LogP contribution in [0.5, 0.6) is 5.75 Å². The van der Waals surface area contributed by atoms with E-state index in [-0.39, 0.29) is 29.7 Å². The second kappa shape index (κ2) is 5.01. The van der Waals surface area contributed by atoms with Gasteiger partial charge in [0.15, 0.2) is 0 Å². The Morgan fingerprint density at radius 2 is 1.53 bits per heavy atom. The molecule has 0 fully saturated rings. The molecule has 15 heavy (non-hydrogen) atoms. The van der Waals surface area contributed by atoms with Crippen LogP contribution in [0.25, 0.3) is 0 Å². The molecule has 0 radical (unpaired) electrons. The smallest absolute Gasteiger partial charge is 0.376 e. The fraction of sp³-hybridized carbons (Fsp3) is 0.143. The van der Waals surface area contributed by atoms with Crippen LogP contribution in [-0.4, -0.2) is 13.9 Å². The molecule has 1 aromatic rings. The maximum atomic E-state index is 11.8. The van der Waals surface area contributed by atoms with Gasteiger partial charge >= 0.3 is 15.6 Å². The molecule has 0 aliphatic rings. The second-order valence-corrected chi connectivity index (χ2v) is 3.83. The molecule has 0 aliphatic heterocycles. The van der Waals surface area contributed by atoms with Crippen molar-refractivity contribution in [1.82, 2.24) is 0 Å². The third-order valence-corrected chi connectivity index (χ3v) is 2.21. The van der Waals surface area contributed by atoms with E-state index in [2.05, 4.69) is 4.18 Å². The van der Waals surface area contributed by atoms with Crippen molar-refractivity contribution in [2.45, 2.75) is 5.51 Å². The first-order valence-corrected chi connectivity index (χ1v) is 4.79. The van der Waals surface area contributed by atoms with E-state index in [0.29, 0.717) is 0 Å². The van der Waals surface area contributed by atoms with E-state index in [9.17, 15) is 21.6 Å². The summed E-state index contributed by atoms with van der Waals surface area (Å²) in [6.45, 7) is 0. The molecule has 0 amide bonds. The van der Waals surface area contributed by atoms with Gasteiger partial charge in [-0.3, -0.25) is 0 Å². The minimum atomic E-state index is -5.55. The molecule has 0 saturated carbocycles. The minimum absolute atomic E-state index is 0.